The maximum Gasteiger partial charge on any atom is 0.0795 e. The fourth-order valence-electron chi connectivity index (χ4n) is 2.03. The number of thiophene rings is 1. The van der Waals surface area contributed by atoms with Gasteiger partial charge in [0, 0.05) is 32.7 Å². The number of nitrogens with two attached hydrogens (primary N) is 1. The predicted octanol–water partition coefficient (Wildman–Crippen LogP) is 3.49. The fourth-order valence-corrected chi connectivity index (χ4v) is 4.30. The second-order valence-electron chi connectivity index (χ2n) is 4.37. The van der Waals surface area contributed by atoms with Gasteiger partial charge in [-0.05, 0) is 36.0 Å². The Hall–Kier alpha value is -0.270. The van der Waals surface area contributed by atoms with Crippen LogP contribution in [-0.2, 0) is 6.54 Å². The fraction of sp³-hybridized carbons (Fsp3) is 0.417. The summed E-state index contributed by atoms with van der Waals surface area (Å²) in [5, 5.41) is 4.18. The first kappa shape index (κ1) is 14.1. The van der Waals surface area contributed by atoms with E-state index in [4.69, 9.17) is 5.73 Å². The quantitative estimate of drug-likeness (QED) is 0.901. The minimum absolute atomic E-state index is 0.0826. The Labute approximate surface area is 124 Å². The summed E-state index contributed by atoms with van der Waals surface area (Å²) in [5.74, 6) is 0. The molecule has 2 rings (SSSR count). The lowest BCUT2D eigenvalue weighted by molar-refractivity contribution is 0.212. The van der Waals surface area contributed by atoms with Gasteiger partial charge in [0.05, 0.1) is 17.2 Å². The van der Waals surface area contributed by atoms with E-state index >= 15 is 0 Å². The van der Waals surface area contributed by atoms with Gasteiger partial charge in [0.25, 0.3) is 0 Å². The van der Waals surface area contributed by atoms with E-state index in [0.717, 1.165) is 16.7 Å². The van der Waals surface area contributed by atoms with Gasteiger partial charge >= 0.3 is 0 Å². The molecule has 2 aromatic heterocycles. The molecule has 0 saturated carbocycles. The average Bonchev–Trinajstić information content (AvgIpc) is 2.90. The Morgan fingerprint density at radius 2 is 2.28 bits per heavy atom. The summed E-state index contributed by atoms with van der Waals surface area (Å²) >= 11 is 6.87. The van der Waals surface area contributed by atoms with Crippen LogP contribution in [0.25, 0.3) is 0 Å². The standard InChI is InChI=1S/C12H16BrN3S2/c1-8(14)12(11-3-9(13)5-18-11)16(2)4-10-6-17-7-15-10/h3,5-8,12H,4,14H2,1-2H3. The number of rotatable bonds is 5. The SMILES string of the molecule is CC(N)C(c1cc(Br)cs1)N(C)Cc1cscn1. The van der Waals surface area contributed by atoms with Gasteiger partial charge in [0.15, 0.2) is 0 Å². The monoisotopic (exact) mass is 345 g/mol. The van der Waals surface area contributed by atoms with E-state index in [-0.39, 0.29) is 12.1 Å². The molecule has 6 heteroatoms. The maximum absolute atomic E-state index is 6.14. The number of aromatic nitrogens is 1. The molecule has 2 aromatic rings. The van der Waals surface area contributed by atoms with Crippen molar-refractivity contribution in [2.45, 2.75) is 25.6 Å². The summed E-state index contributed by atoms with van der Waals surface area (Å²) in [4.78, 5) is 7.88. The molecule has 0 bridgehead atoms. The van der Waals surface area contributed by atoms with E-state index in [1.807, 2.05) is 5.51 Å². The van der Waals surface area contributed by atoms with Crippen LogP contribution in [0.15, 0.2) is 26.8 Å². The number of nitrogens with zero attached hydrogens (tertiary/aromatic N) is 2. The lowest BCUT2D eigenvalue weighted by atomic mass is 10.1. The molecule has 0 aliphatic heterocycles. The lowest BCUT2D eigenvalue weighted by Gasteiger charge is -2.29. The third-order valence-corrected chi connectivity index (χ3v) is 5.15. The zero-order valence-corrected chi connectivity index (χ0v) is 13.6. The van der Waals surface area contributed by atoms with Crippen molar-refractivity contribution in [3.63, 3.8) is 0 Å². The highest BCUT2D eigenvalue weighted by molar-refractivity contribution is 9.10. The van der Waals surface area contributed by atoms with Crippen LogP contribution in [0.1, 0.15) is 23.5 Å². The molecule has 3 nitrogen and oxygen atoms in total. The molecular formula is C12H16BrN3S2. The second-order valence-corrected chi connectivity index (χ2v) is 6.94. The van der Waals surface area contributed by atoms with Gasteiger partial charge in [-0.15, -0.1) is 22.7 Å². The van der Waals surface area contributed by atoms with Crippen LogP contribution in [-0.4, -0.2) is 23.0 Å². The number of hydrogen-bond acceptors (Lipinski definition) is 5. The predicted molar refractivity (Wildman–Crippen MR) is 82.0 cm³/mol. The summed E-state index contributed by atoms with van der Waals surface area (Å²) in [6, 6.07) is 2.46. The molecular weight excluding hydrogens is 330 g/mol. The van der Waals surface area contributed by atoms with Crippen molar-refractivity contribution in [1.82, 2.24) is 9.88 Å². The van der Waals surface area contributed by atoms with Gasteiger partial charge in [-0.1, -0.05) is 0 Å². The molecule has 2 heterocycles. The van der Waals surface area contributed by atoms with Gasteiger partial charge in [0.2, 0.25) is 0 Å². The van der Waals surface area contributed by atoms with E-state index < -0.39 is 0 Å². The molecule has 2 N–H and O–H groups in total. The molecule has 18 heavy (non-hydrogen) atoms. The zero-order chi connectivity index (χ0) is 13.1. The van der Waals surface area contributed by atoms with E-state index in [1.54, 1.807) is 22.7 Å². The molecule has 2 unspecified atom stereocenters. The Balaban J connectivity index is 2.15. The van der Waals surface area contributed by atoms with Crippen LogP contribution in [0.3, 0.4) is 0 Å². The molecule has 98 valence electrons. The highest BCUT2D eigenvalue weighted by Gasteiger charge is 2.23. The first-order valence-electron chi connectivity index (χ1n) is 5.64. The van der Waals surface area contributed by atoms with Crippen LogP contribution in [0.4, 0.5) is 0 Å². The molecule has 0 fully saturated rings. The summed E-state index contributed by atoms with van der Waals surface area (Å²) in [6.07, 6.45) is 0. The van der Waals surface area contributed by atoms with Gasteiger partial charge in [-0.3, -0.25) is 4.90 Å². The van der Waals surface area contributed by atoms with Gasteiger partial charge in [-0.2, -0.15) is 0 Å². The summed E-state index contributed by atoms with van der Waals surface area (Å²) in [6.45, 7) is 2.88. The minimum Gasteiger partial charge on any atom is -0.326 e. The van der Waals surface area contributed by atoms with Crippen LogP contribution in [0, 0.1) is 0 Å². The highest BCUT2D eigenvalue weighted by Crippen LogP contribution is 2.31. The average molecular weight is 346 g/mol. The van der Waals surface area contributed by atoms with Crippen LogP contribution in [0.5, 0.6) is 0 Å². The first-order chi connectivity index (χ1) is 8.58. The van der Waals surface area contributed by atoms with Crippen LogP contribution >= 0.6 is 38.6 Å². The zero-order valence-electron chi connectivity index (χ0n) is 10.3. The maximum atomic E-state index is 6.14. The van der Waals surface area contributed by atoms with E-state index in [2.05, 4.69) is 56.6 Å². The molecule has 0 aromatic carbocycles. The molecule has 0 aliphatic carbocycles. The van der Waals surface area contributed by atoms with Gasteiger partial charge < -0.3 is 5.73 Å². The summed E-state index contributed by atoms with van der Waals surface area (Å²) < 4.78 is 1.12. The van der Waals surface area contributed by atoms with Crippen molar-refractivity contribution >= 4 is 38.6 Å². The molecule has 0 amide bonds. The molecule has 0 aliphatic rings. The number of likely N-dealkylation sites (N-methyl/N-ethyl adjacent to an activating group) is 1. The number of halogens is 1. The normalized spacial score (nSPS) is 14.9. The van der Waals surface area contributed by atoms with Crippen molar-refractivity contribution in [2.24, 2.45) is 5.73 Å². The van der Waals surface area contributed by atoms with Crippen molar-refractivity contribution in [3.8, 4) is 0 Å². The third-order valence-electron chi connectivity index (χ3n) is 2.75. The minimum atomic E-state index is 0.0826. The van der Waals surface area contributed by atoms with Gasteiger partial charge in [0.1, 0.15) is 0 Å². The smallest absolute Gasteiger partial charge is 0.0795 e. The summed E-state index contributed by atoms with van der Waals surface area (Å²) in [7, 11) is 2.10. The Morgan fingerprint density at radius 1 is 1.50 bits per heavy atom. The number of thiazole rings is 1. The first-order valence-corrected chi connectivity index (χ1v) is 8.26. The lowest BCUT2D eigenvalue weighted by Crippen LogP contribution is -2.36. The second kappa shape index (κ2) is 6.25. The molecule has 2 atom stereocenters. The topological polar surface area (TPSA) is 42.1 Å². The Bertz CT molecular complexity index is 481. The van der Waals surface area contributed by atoms with Crippen molar-refractivity contribution < 1.29 is 0 Å². The van der Waals surface area contributed by atoms with E-state index in [0.29, 0.717) is 0 Å². The molecule has 0 radical (unpaired) electrons. The number of hydrogen-bond donors (Lipinski definition) is 1. The van der Waals surface area contributed by atoms with Crippen molar-refractivity contribution in [1.29, 1.82) is 0 Å². The third kappa shape index (κ3) is 3.39. The molecule has 0 spiro atoms. The largest absolute Gasteiger partial charge is 0.326 e. The summed E-state index contributed by atoms with van der Waals surface area (Å²) in [5.41, 5.74) is 9.11. The highest BCUT2D eigenvalue weighted by atomic mass is 79.9. The van der Waals surface area contributed by atoms with Crippen LogP contribution in [0.2, 0.25) is 0 Å². The van der Waals surface area contributed by atoms with Crippen molar-refractivity contribution in [3.05, 3.63) is 37.4 Å². The van der Waals surface area contributed by atoms with E-state index in [9.17, 15) is 0 Å². The molecule has 0 saturated heterocycles. The Kier molecular flexibility index (Phi) is 4.91. The van der Waals surface area contributed by atoms with Crippen LogP contribution < -0.4 is 5.73 Å². The Morgan fingerprint density at radius 3 is 2.78 bits per heavy atom. The van der Waals surface area contributed by atoms with Gasteiger partial charge in [-0.25, -0.2) is 4.98 Å². The van der Waals surface area contributed by atoms with Crippen molar-refractivity contribution in [2.75, 3.05) is 7.05 Å². The van der Waals surface area contributed by atoms with E-state index in [1.165, 1.54) is 4.88 Å².